The summed E-state index contributed by atoms with van der Waals surface area (Å²) in [5.74, 6) is 0.0470. The molecule has 0 bridgehead atoms. The fourth-order valence-electron chi connectivity index (χ4n) is 4.00. The summed E-state index contributed by atoms with van der Waals surface area (Å²) >= 11 is 0. The Bertz CT molecular complexity index is 1280. The van der Waals surface area contributed by atoms with Gasteiger partial charge in [0, 0.05) is 39.2 Å². The van der Waals surface area contributed by atoms with Crippen LogP contribution in [0.3, 0.4) is 0 Å². The zero-order chi connectivity index (χ0) is 24.1. The van der Waals surface area contributed by atoms with Crippen molar-refractivity contribution in [2.24, 2.45) is 7.05 Å². The molecule has 0 aliphatic carbocycles. The van der Waals surface area contributed by atoms with Crippen LogP contribution in [-0.2, 0) is 33.1 Å². The summed E-state index contributed by atoms with van der Waals surface area (Å²) in [5.41, 5.74) is 1.93. The van der Waals surface area contributed by atoms with E-state index in [2.05, 4.69) is 20.6 Å². The van der Waals surface area contributed by atoms with Gasteiger partial charge in [0.25, 0.3) is 0 Å². The standard InChI is InChI=1S/C23H28N6O4S/c1-28-20-8-7-18(34(32,33)29-12-3-2-4-13-29)14-19(20)27-21(28)9-10-22(30)25-16-23(31)26-17-6-5-11-24-15-17/h5-8,11,14-15H,2-4,9-10,12-13,16H2,1H3,(H,25,30)(H,26,31). The molecular weight excluding hydrogens is 456 g/mol. The molecule has 2 N–H and O–H groups in total. The molecule has 4 rings (SSSR count). The van der Waals surface area contributed by atoms with Gasteiger partial charge >= 0.3 is 0 Å². The van der Waals surface area contributed by atoms with Crippen molar-refractivity contribution in [2.75, 3.05) is 25.0 Å². The summed E-state index contributed by atoms with van der Waals surface area (Å²) in [5, 5.41) is 5.25. The Kier molecular flexibility index (Phi) is 7.23. The summed E-state index contributed by atoms with van der Waals surface area (Å²) in [6, 6.07) is 8.39. The molecule has 0 saturated carbocycles. The minimum atomic E-state index is -3.54. The first-order valence-electron chi connectivity index (χ1n) is 11.3. The number of anilines is 1. The molecular formula is C23H28N6O4S. The average Bonchev–Trinajstić information content (AvgIpc) is 3.17. The van der Waals surface area contributed by atoms with Crippen LogP contribution in [0.2, 0.25) is 0 Å². The topological polar surface area (TPSA) is 126 Å². The van der Waals surface area contributed by atoms with Crippen molar-refractivity contribution in [2.45, 2.75) is 37.0 Å². The lowest BCUT2D eigenvalue weighted by atomic mass is 10.2. The van der Waals surface area contributed by atoms with E-state index in [1.807, 2.05) is 11.6 Å². The van der Waals surface area contributed by atoms with Gasteiger partial charge in [-0.15, -0.1) is 0 Å². The highest BCUT2D eigenvalue weighted by Crippen LogP contribution is 2.24. The molecule has 1 saturated heterocycles. The van der Waals surface area contributed by atoms with Gasteiger partial charge in [-0.2, -0.15) is 4.31 Å². The SMILES string of the molecule is Cn1c(CCC(=O)NCC(=O)Nc2cccnc2)nc2cc(S(=O)(=O)N3CCCCC3)ccc21. The van der Waals surface area contributed by atoms with Crippen LogP contribution in [-0.4, -0.2) is 58.7 Å². The van der Waals surface area contributed by atoms with Crippen LogP contribution in [0.5, 0.6) is 0 Å². The Morgan fingerprint density at radius 2 is 1.88 bits per heavy atom. The lowest BCUT2D eigenvalue weighted by Crippen LogP contribution is -2.35. The van der Waals surface area contributed by atoms with Crippen LogP contribution in [0, 0.1) is 0 Å². The minimum absolute atomic E-state index is 0.145. The minimum Gasteiger partial charge on any atom is -0.347 e. The Labute approximate surface area is 198 Å². The van der Waals surface area contributed by atoms with Gasteiger partial charge in [0.2, 0.25) is 21.8 Å². The number of aromatic nitrogens is 3. The summed E-state index contributed by atoms with van der Waals surface area (Å²) in [6.45, 7) is 0.945. The molecule has 11 heteroatoms. The predicted octanol–water partition coefficient (Wildman–Crippen LogP) is 1.83. The number of sulfonamides is 1. The van der Waals surface area contributed by atoms with Crippen molar-refractivity contribution in [1.29, 1.82) is 0 Å². The fourth-order valence-corrected chi connectivity index (χ4v) is 5.54. The molecule has 3 aromatic rings. The number of piperidine rings is 1. The highest BCUT2D eigenvalue weighted by molar-refractivity contribution is 7.89. The van der Waals surface area contributed by atoms with Crippen LogP contribution in [0.4, 0.5) is 5.69 Å². The molecule has 0 spiro atoms. The van der Waals surface area contributed by atoms with Gasteiger partial charge in [0.1, 0.15) is 5.82 Å². The Balaban J connectivity index is 1.36. The number of pyridine rings is 1. The second-order valence-electron chi connectivity index (χ2n) is 8.27. The Morgan fingerprint density at radius 3 is 2.62 bits per heavy atom. The normalized spacial score (nSPS) is 14.7. The molecule has 2 amide bonds. The van der Waals surface area contributed by atoms with E-state index in [9.17, 15) is 18.0 Å². The first kappa shape index (κ1) is 23.8. The third-order valence-corrected chi connectivity index (χ3v) is 7.76. The molecule has 10 nitrogen and oxygen atoms in total. The second kappa shape index (κ2) is 10.3. The fraction of sp³-hybridized carbons (Fsp3) is 0.391. The van der Waals surface area contributed by atoms with Gasteiger partial charge in [0.15, 0.2) is 0 Å². The van der Waals surface area contributed by atoms with E-state index in [0.717, 1.165) is 24.8 Å². The molecule has 1 aliphatic heterocycles. The monoisotopic (exact) mass is 484 g/mol. The van der Waals surface area contributed by atoms with Crippen LogP contribution >= 0.6 is 0 Å². The van der Waals surface area contributed by atoms with E-state index in [1.165, 1.54) is 10.5 Å². The lowest BCUT2D eigenvalue weighted by molar-refractivity contribution is -0.124. The van der Waals surface area contributed by atoms with Crippen molar-refractivity contribution >= 4 is 38.6 Å². The number of imidazole rings is 1. The number of hydrogen-bond donors (Lipinski definition) is 2. The molecule has 1 aliphatic rings. The smallest absolute Gasteiger partial charge is 0.243 e. The lowest BCUT2D eigenvalue weighted by Gasteiger charge is -2.25. The first-order valence-corrected chi connectivity index (χ1v) is 12.7. The number of carbonyl (C=O) groups excluding carboxylic acids is 2. The van der Waals surface area contributed by atoms with E-state index in [4.69, 9.17) is 0 Å². The van der Waals surface area contributed by atoms with Crippen LogP contribution in [0.1, 0.15) is 31.5 Å². The summed E-state index contributed by atoms with van der Waals surface area (Å²) in [6.07, 6.45) is 6.44. The molecule has 1 fully saturated rings. The van der Waals surface area contributed by atoms with Crippen molar-refractivity contribution in [1.82, 2.24) is 24.2 Å². The number of carbonyl (C=O) groups is 2. The molecule has 180 valence electrons. The van der Waals surface area contributed by atoms with Gasteiger partial charge in [-0.25, -0.2) is 13.4 Å². The molecule has 0 radical (unpaired) electrons. The highest BCUT2D eigenvalue weighted by atomic mass is 32.2. The van der Waals surface area contributed by atoms with Crippen molar-refractivity contribution in [3.63, 3.8) is 0 Å². The molecule has 1 aromatic carbocycles. The quantitative estimate of drug-likeness (QED) is 0.502. The van der Waals surface area contributed by atoms with Crippen molar-refractivity contribution < 1.29 is 18.0 Å². The molecule has 34 heavy (non-hydrogen) atoms. The zero-order valence-electron chi connectivity index (χ0n) is 19.0. The number of fused-ring (bicyclic) bond motifs is 1. The first-order chi connectivity index (χ1) is 16.3. The number of amides is 2. The second-order valence-corrected chi connectivity index (χ2v) is 10.2. The number of aryl methyl sites for hydroxylation is 2. The highest BCUT2D eigenvalue weighted by Gasteiger charge is 2.26. The maximum Gasteiger partial charge on any atom is 0.243 e. The predicted molar refractivity (Wildman–Crippen MR) is 128 cm³/mol. The Hall–Kier alpha value is -3.31. The summed E-state index contributed by atoms with van der Waals surface area (Å²) < 4.78 is 29.4. The Morgan fingerprint density at radius 1 is 1.09 bits per heavy atom. The van der Waals surface area contributed by atoms with Gasteiger partial charge in [-0.3, -0.25) is 14.6 Å². The van der Waals surface area contributed by atoms with Gasteiger partial charge in [-0.05, 0) is 43.2 Å². The molecule has 2 aromatic heterocycles. The van der Waals surface area contributed by atoms with Gasteiger partial charge < -0.3 is 15.2 Å². The maximum atomic E-state index is 13.0. The van der Waals surface area contributed by atoms with E-state index in [-0.39, 0.29) is 29.7 Å². The molecule has 0 atom stereocenters. The molecule has 3 heterocycles. The average molecular weight is 485 g/mol. The van der Waals surface area contributed by atoms with E-state index < -0.39 is 10.0 Å². The van der Waals surface area contributed by atoms with Gasteiger partial charge in [-0.1, -0.05) is 6.42 Å². The van der Waals surface area contributed by atoms with Crippen molar-refractivity contribution in [3.05, 3.63) is 48.5 Å². The van der Waals surface area contributed by atoms with E-state index in [0.29, 0.717) is 36.5 Å². The van der Waals surface area contributed by atoms with Gasteiger partial charge in [0.05, 0.1) is 34.4 Å². The third kappa shape index (κ3) is 5.42. The van der Waals surface area contributed by atoms with Crippen LogP contribution in [0.25, 0.3) is 11.0 Å². The third-order valence-electron chi connectivity index (χ3n) is 5.86. The molecule has 0 unspecified atom stereocenters. The number of benzene rings is 1. The van der Waals surface area contributed by atoms with Crippen molar-refractivity contribution in [3.8, 4) is 0 Å². The largest absolute Gasteiger partial charge is 0.347 e. The van der Waals surface area contributed by atoms with Crippen LogP contribution < -0.4 is 10.6 Å². The van der Waals surface area contributed by atoms with E-state index >= 15 is 0 Å². The summed E-state index contributed by atoms with van der Waals surface area (Å²) in [7, 11) is -1.71. The number of nitrogens with one attached hydrogen (secondary N) is 2. The summed E-state index contributed by atoms with van der Waals surface area (Å²) in [4.78, 5) is 32.9. The number of nitrogens with zero attached hydrogens (tertiary/aromatic N) is 4. The van der Waals surface area contributed by atoms with E-state index in [1.54, 1.807) is 36.5 Å². The number of rotatable bonds is 8. The number of hydrogen-bond acceptors (Lipinski definition) is 6. The maximum absolute atomic E-state index is 13.0. The zero-order valence-corrected chi connectivity index (χ0v) is 19.8. The van der Waals surface area contributed by atoms with Crippen LogP contribution in [0.15, 0.2) is 47.6 Å².